The molecule has 0 saturated carbocycles. The zero-order chi connectivity index (χ0) is 21.9. The summed E-state index contributed by atoms with van der Waals surface area (Å²) in [6, 6.07) is 14.2. The van der Waals surface area contributed by atoms with Crippen LogP contribution in [0.3, 0.4) is 0 Å². The van der Waals surface area contributed by atoms with Crippen LogP contribution in [0.15, 0.2) is 48.5 Å². The van der Waals surface area contributed by atoms with Crippen LogP contribution in [0, 0.1) is 6.92 Å². The third kappa shape index (κ3) is 7.24. The Hall–Kier alpha value is -3.35. The molecular weight excluding hydrogens is 382 g/mol. The summed E-state index contributed by atoms with van der Waals surface area (Å²) in [5.41, 5.74) is 2.14. The van der Waals surface area contributed by atoms with Crippen molar-refractivity contribution in [2.75, 3.05) is 32.1 Å². The quantitative estimate of drug-likeness (QED) is 0.629. The molecule has 0 atom stereocenters. The molecule has 2 N–H and O–H groups in total. The van der Waals surface area contributed by atoms with E-state index in [1.54, 1.807) is 37.4 Å². The number of aryl methyl sites for hydroxylation is 1. The molecule has 30 heavy (non-hydrogen) atoms. The van der Waals surface area contributed by atoms with Gasteiger partial charge in [-0.3, -0.25) is 14.4 Å². The highest BCUT2D eigenvalue weighted by molar-refractivity contribution is 5.98. The molecule has 0 radical (unpaired) electrons. The summed E-state index contributed by atoms with van der Waals surface area (Å²) in [6.45, 7) is 4.16. The summed E-state index contributed by atoms with van der Waals surface area (Å²) in [4.78, 5) is 38.8. The van der Waals surface area contributed by atoms with Gasteiger partial charge in [0.05, 0.1) is 20.2 Å². The number of benzene rings is 2. The third-order valence-corrected chi connectivity index (χ3v) is 4.49. The number of anilines is 1. The normalized spacial score (nSPS) is 10.2. The summed E-state index contributed by atoms with van der Waals surface area (Å²) in [7, 11) is 1.57. The van der Waals surface area contributed by atoms with E-state index >= 15 is 0 Å². The highest BCUT2D eigenvalue weighted by atomic mass is 16.5. The van der Waals surface area contributed by atoms with Crippen molar-refractivity contribution < 1.29 is 19.1 Å². The molecule has 0 bridgehead atoms. The number of nitrogens with one attached hydrogen (secondary N) is 2. The molecule has 7 heteroatoms. The van der Waals surface area contributed by atoms with Gasteiger partial charge in [0.15, 0.2) is 0 Å². The fourth-order valence-corrected chi connectivity index (χ4v) is 2.85. The van der Waals surface area contributed by atoms with E-state index in [2.05, 4.69) is 10.6 Å². The van der Waals surface area contributed by atoms with E-state index in [1.807, 2.05) is 32.0 Å². The number of hydrogen-bond acceptors (Lipinski definition) is 4. The van der Waals surface area contributed by atoms with Gasteiger partial charge < -0.3 is 20.3 Å². The minimum Gasteiger partial charge on any atom is -0.497 e. The number of rotatable bonds is 10. The lowest BCUT2D eigenvalue weighted by Crippen LogP contribution is -2.43. The molecule has 0 spiro atoms. The highest BCUT2D eigenvalue weighted by Gasteiger charge is 2.19. The van der Waals surface area contributed by atoms with Gasteiger partial charge in [-0.25, -0.2) is 0 Å². The smallest absolute Gasteiger partial charge is 0.254 e. The number of ether oxygens (including phenoxy) is 1. The van der Waals surface area contributed by atoms with Crippen LogP contribution in [-0.4, -0.2) is 49.4 Å². The summed E-state index contributed by atoms with van der Waals surface area (Å²) in [5, 5.41) is 5.28. The lowest BCUT2D eigenvalue weighted by atomic mass is 10.1. The molecule has 2 aromatic rings. The zero-order valence-corrected chi connectivity index (χ0v) is 17.7. The Labute approximate surface area is 177 Å². The SMILES string of the molecule is CCCCN(CC(=O)NCC(=O)Nc1ccc(OC)cc1)C(=O)c1cccc(C)c1. The fraction of sp³-hybridized carbons (Fsp3) is 0.348. The standard InChI is InChI=1S/C23H29N3O4/c1-4-5-13-26(23(29)18-8-6-7-17(2)14-18)16-22(28)24-15-21(27)25-19-9-11-20(30-3)12-10-19/h6-12,14H,4-5,13,15-16H2,1-3H3,(H,24,28)(H,25,27). The first-order valence-corrected chi connectivity index (χ1v) is 9.99. The van der Waals surface area contributed by atoms with E-state index in [0.29, 0.717) is 23.5 Å². The second kappa shape index (κ2) is 11.6. The van der Waals surface area contributed by atoms with Crippen LogP contribution in [0.4, 0.5) is 5.69 Å². The van der Waals surface area contributed by atoms with Gasteiger partial charge in [0, 0.05) is 17.8 Å². The Morgan fingerprint density at radius 1 is 1.03 bits per heavy atom. The van der Waals surface area contributed by atoms with Crippen LogP contribution in [-0.2, 0) is 9.59 Å². The van der Waals surface area contributed by atoms with E-state index in [0.717, 1.165) is 18.4 Å². The molecular formula is C23H29N3O4. The number of hydrogen-bond donors (Lipinski definition) is 2. The number of methoxy groups -OCH3 is 1. The molecule has 3 amide bonds. The van der Waals surface area contributed by atoms with Gasteiger partial charge in [0.25, 0.3) is 5.91 Å². The molecule has 0 heterocycles. The van der Waals surface area contributed by atoms with Crippen molar-refractivity contribution in [3.63, 3.8) is 0 Å². The maximum absolute atomic E-state index is 12.8. The second-order valence-electron chi connectivity index (χ2n) is 7.00. The molecule has 2 rings (SSSR count). The molecule has 2 aromatic carbocycles. The van der Waals surface area contributed by atoms with Crippen LogP contribution in [0.5, 0.6) is 5.75 Å². The van der Waals surface area contributed by atoms with Gasteiger partial charge >= 0.3 is 0 Å². The van der Waals surface area contributed by atoms with Crippen molar-refractivity contribution in [3.05, 3.63) is 59.7 Å². The Balaban J connectivity index is 1.89. The maximum Gasteiger partial charge on any atom is 0.254 e. The van der Waals surface area contributed by atoms with Crippen molar-refractivity contribution in [1.82, 2.24) is 10.2 Å². The van der Waals surface area contributed by atoms with Crippen LogP contribution in [0.1, 0.15) is 35.7 Å². The predicted octanol–water partition coefficient (Wildman–Crippen LogP) is 3.00. The summed E-state index contributed by atoms with van der Waals surface area (Å²) in [5.74, 6) is -0.229. The molecule has 0 saturated heterocycles. The van der Waals surface area contributed by atoms with E-state index in [4.69, 9.17) is 4.74 Å². The number of carbonyl (C=O) groups is 3. The average Bonchev–Trinajstić information content (AvgIpc) is 2.75. The minimum atomic E-state index is -0.378. The molecule has 0 aliphatic carbocycles. The van der Waals surface area contributed by atoms with Gasteiger partial charge in [-0.05, 0) is 49.7 Å². The molecule has 0 unspecified atom stereocenters. The van der Waals surface area contributed by atoms with Gasteiger partial charge in [0.2, 0.25) is 11.8 Å². The topological polar surface area (TPSA) is 87.7 Å². The second-order valence-corrected chi connectivity index (χ2v) is 7.00. The summed E-state index contributed by atoms with van der Waals surface area (Å²) in [6.07, 6.45) is 1.70. The molecule has 0 aliphatic rings. The van der Waals surface area contributed by atoms with Crippen LogP contribution in [0.2, 0.25) is 0 Å². The Morgan fingerprint density at radius 2 is 1.77 bits per heavy atom. The van der Waals surface area contributed by atoms with Gasteiger partial charge in [0.1, 0.15) is 5.75 Å². The van der Waals surface area contributed by atoms with Crippen molar-refractivity contribution in [2.45, 2.75) is 26.7 Å². The lowest BCUT2D eigenvalue weighted by molar-refractivity contribution is -0.124. The van der Waals surface area contributed by atoms with Crippen LogP contribution < -0.4 is 15.4 Å². The average molecular weight is 412 g/mol. The van der Waals surface area contributed by atoms with E-state index < -0.39 is 0 Å². The van der Waals surface area contributed by atoms with Crippen molar-refractivity contribution in [1.29, 1.82) is 0 Å². The fourth-order valence-electron chi connectivity index (χ4n) is 2.85. The van der Waals surface area contributed by atoms with E-state index in [1.165, 1.54) is 4.90 Å². The molecule has 160 valence electrons. The summed E-state index contributed by atoms with van der Waals surface area (Å²) < 4.78 is 5.07. The Morgan fingerprint density at radius 3 is 2.40 bits per heavy atom. The van der Waals surface area contributed by atoms with Gasteiger partial charge in [-0.1, -0.05) is 31.0 Å². The number of nitrogens with zero attached hydrogens (tertiary/aromatic N) is 1. The van der Waals surface area contributed by atoms with Crippen molar-refractivity contribution in [2.24, 2.45) is 0 Å². The first kappa shape index (κ1) is 22.9. The lowest BCUT2D eigenvalue weighted by Gasteiger charge is -2.22. The van der Waals surface area contributed by atoms with Crippen LogP contribution in [0.25, 0.3) is 0 Å². The summed E-state index contributed by atoms with van der Waals surface area (Å²) >= 11 is 0. The molecule has 7 nitrogen and oxygen atoms in total. The highest BCUT2D eigenvalue weighted by Crippen LogP contribution is 2.14. The third-order valence-electron chi connectivity index (χ3n) is 4.49. The van der Waals surface area contributed by atoms with Crippen molar-refractivity contribution in [3.8, 4) is 5.75 Å². The number of amides is 3. The first-order chi connectivity index (χ1) is 14.4. The maximum atomic E-state index is 12.8. The number of unbranched alkanes of at least 4 members (excludes halogenated alkanes) is 1. The minimum absolute atomic E-state index is 0.0947. The van der Waals surface area contributed by atoms with Crippen molar-refractivity contribution >= 4 is 23.4 Å². The zero-order valence-electron chi connectivity index (χ0n) is 17.7. The van der Waals surface area contributed by atoms with E-state index in [9.17, 15) is 14.4 Å². The Kier molecular flexibility index (Phi) is 8.87. The van der Waals surface area contributed by atoms with Gasteiger partial charge in [-0.2, -0.15) is 0 Å². The van der Waals surface area contributed by atoms with Crippen LogP contribution >= 0.6 is 0 Å². The monoisotopic (exact) mass is 411 g/mol. The molecule has 0 fully saturated rings. The number of carbonyl (C=O) groups excluding carboxylic acids is 3. The largest absolute Gasteiger partial charge is 0.497 e. The van der Waals surface area contributed by atoms with E-state index in [-0.39, 0.29) is 30.8 Å². The molecule has 0 aliphatic heterocycles. The molecule has 0 aromatic heterocycles. The Bertz CT molecular complexity index is 865. The first-order valence-electron chi connectivity index (χ1n) is 9.99. The van der Waals surface area contributed by atoms with Gasteiger partial charge in [-0.15, -0.1) is 0 Å². The predicted molar refractivity (Wildman–Crippen MR) is 117 cm³/mol.